The second kappa shape index (κ2) is 8.98. The molecule has 0 aliphatic carbocycles. The Bertz CT molecular complexity index is 671. The number of hydrogen-bond acceptors (Lipinski definition) is 5. The third kappa shape index (κ3) is 5.15. The van der Waals surface area contributed by atoms with Crippen LogP contribution < -0.4 is 20.1 Å². The maximum Gasteiger partial charge on any atom is 0.315 e. The monoisotopic (exact) mass is 347 g/mol. The molecule has 1 aromatic carbocycles. The Morgan fingerprint density at radius 3 is 2.60 bits per heavy atom. The highest BCUT2D eigenvalue weighted by Gasteiger charge is 2.17. The van der Waals surface area contributed by atoms with Crippen molar-refractivity contribution in [1.82, 2.24) is 15.5 Å². The fourth-order valence-corrected chi connectivity index (χ4v) is 2.47. The van der Waals surface area contributed by atoms with Gasteiger partial charge in [0.15, 0.2) is 0 Å². The minimum Gasteiger partial charge on any atom is -0.497 e. The molecule has 0 aliphatic heterocycles. The second-order valence-corrected chi connectivity index (χ2v) is 5.74. The summed E-state index contributed by atoms with van der Waals surface area (Å²) in [5.74, 6) is 2.21. The highest BCUT2D eigenvalue weighted by Crippen LogP contribution is 2.23. The van der Waals surface area contributed by atoms with E-state index < -0.39 is 0 Å². The summed E-state index contributed by atoms with van der Waals surface area (Å²) in [6, 6.07) is 8.90. The molecule has 0 spiro atoms. The molecule has 0 fully saturated rings. The first kappa shape index (κ1) is 18.7. The summed E-state index contributed by atoms with van der Waals surface area (Å²) in [4.78, 5) is 14.1. The van der Waals surface area contributed by atoms with Gasteiger partial charge in [-0.15, -0.1) is 0 Å². The van der Waals surface area contributed by atoms with E-state index >= 15 is 0 Å². The standard InChI is InChI=1S/C18H25N3O4/c1-21(2)15(17-6-5-9-25-17)12-20-18(22)19-11-13-10-14(23-3)7-8-16(13)24-4/h5-10,15H,11-12H2,1-4H3,(H2,19,20,22). The van der Waals surface area contributed by atoms with E-state index in [0.717, 1.165) is 11.3 Å². The van der Waals surface area contributed by atoms with Gasteiger partial charge in [0.2, 0.25) is 0 Å². The zero-order chi connectivity index (χ0) is 18.2. The number of rotatable bonds is 8. The Morgan fingerprint density at radius 1 is 1.20 bits per heavy atom. The normalized spacial score (nSPS) is 11.9. The number of ether oxygens (including phenoxy) is 2. The van der Waals surface area contributed by atoms with Crippen LogP contribution in [0.3, 0.4) is 0 Å². The molecule has 2 aromatic rings. The van der Waals surface area contributed by atoms with Crippen LogP contribution in [0, 0.1) is 0 Å². The lowest BCUT2D eigenvalue weighted by Gasteiger charge is -2.22. The van der Waals surface area contributed by atoms with Gasteiger partial charge in [0, 0.05) is 18.7 Å². The van der Waals surface area contributed by atoms with Crippen LogP contribution in [0.25, 0.3) is 0 Å². The summed E-state index contributed by atoms with van der Waals surface area (Å²) in [7, 11) is 7.07. The zero-order valence-electron chi connectivity index (χ0n) is 15.0. The van der Waals surface area contributed by atoms with Gasteiger partial charge in [0.1, 0.15) is 17.3 Å². The number of carbonyl (C=O) groups excluding carboxylic acids is 1. The van der Waals surface area contributed by atoms with E-state index in [-0.39, 0.29) is 12.1 Å². The highest BCUT2D eigenvalue weighted by atomic mass is 16.5. The maximum atomic E-state index is 12.1. The van der Waals surface area contributed by atoms with Crippen molar-refractivity contribution in [2.24, 2.45) is 0 Å². The number of nitrogens with zero attached hydrogens (tertiary/aromatic N) is 1. The Hall–Kier alpha value is -2.67. The summed E-state index contributed by atoms with van der Waals surface area (Å²) in [6.45, 7) is 0.765. The first-order chi connectivity index (χ1) is 12.0. The number of nitrogens with one attached hydrogen (secondary N) is 2. The van der Waals surface area contributed by atoms with Crippen LogP contribution in [0.1, 0.15) is 17.4 Å². The molecule has 2 N–H and O–H groups in total. The van der Waals surface area contributed by atoms with Gasteiger partial charge >= 0.3 is 6.03 Å². The van der Waals surface area contributed by atoms with Gasteiger partial charge in [0.25, 0.3) is 0 Å². The summed E-state index contributed by atoms with van der Waals surface area (Å²) >= 11 is 0. The van der Waals surface area contributed by atoms with Crippen LogP contribution in [-0.4, -0.2) is 45.8 Å². The van der Waals surface area contributed by atoms with Gasteiger partial charge in [-0.3, -0.25) is 4.90 Å². The molecule has 7 heteroatoms. The van der Waals surface area contributed by atoms with Crippen molar-refractivity contribution >= 4 is 6.03 Å². The third-order valence-electron chi connectivity index (χ3n) is 3.88. The van der Waals surface area contributed by atoms with Gasteiger partial charge in [-0.2, -0.15) is 0 Å². The lowest BCUT2D eigenvalue weighted by molar-refractivity contribution is 0.225. The molecule has 0 radical (unpaired) electrons. The van der Waals surface area contributed by atoms with E-state index in [2.05, 4.69) is 10.6 Å². The zero-order valence-corrected chi connectivity index (χ0v) is 15.0. The molecular weight excluding hydrogens is 322 g/mol. The Balaban J connectivity index is 1.90. The van der Waals surface area contributed by atoms with Crippen molar-refractivity contribution < 1.29 is 18.7 Å². The molecule has 0 saturated carbocycles. The number of furan rings is 1. The topological polar surface area (TPSA) is 76.0 Å². The van der Waals surface area contributed by atoms with E-state index in [1.54, 1.807) is 20.5 Å². The van der Waals surface area contributed by atoms with Gasteiger partial charge in [-0.25, -0.2) is 4.79 Å². The van der Waals surface area contributed by atoms with Gasteiger partial charge in [-0.1, -0.05) is 0 Å². The number of benzene rings is 1. The first-order valence-electron chi connectivity index (χ1n) is 7.97. The Kier molecular flexibility index (Phi) is 6.71. The molecule has 2 rings (SSSR count). The van der Waals surface area contributed by atoms with Crippen LogP contribution in [0.2, 0.25) is 0 Å². The van der Waals surface area contributed by atoms with E-state index in [1.807, 2.05) is 49.3 Å². The highest BCUT2D eigenvalue weighted by molar-refractivity contribution is 5.74. The van der Waals surface area contributed by atoms with Crippen molar-refractivity contribution in [1.29, 1.82) is 0 Å². The van der Waals surface area contributed by atoms with E-state index in [9.17, 15) is 4.79 Å². The number of likely N-dealkylation sites (N-methyl/N-ethyl adjacent to an activating group) is 1. The first-order valence-corrected chi connectivity index (χ1v) is 7.97. The average molecular weight is 347 g/mol. The molecular formula is C18H25N3O4. The molecule has 1 atom stereocenters. The van der Waals surface area contributed by atoms with Gasteiger partial charge in [-0.05, 0) is 44.4 Å². The Morgan fingerprint density at radius 2 is 2.00 bits per heavy atom. The van der Waals surface area contributed by atoms with Crippen LogP contribution in [0.15, 0.2) is 41.0 Å². The lowest BCUT2D eigenvalue weighted by atomic mass is 10.2. The minimum atomic E-state index is -0.261. The van der Waals surface area contributed by atoms with Crippen LogP contribution in [0.4, 0.5) is 4.79 Å². The number of methoxy groups -OCH3 is 2. The molecule has 7 nitrogen and oxygen atoms in total. The van der Waals surface area contributed by atoms with Crippen molar-refractivity contribution in [3.8, 4) is 11.5 Å². The predicted octanol–water partition coefficient (Wildman–Crippen LogP) is 2.40. The molecule has 2 amide bonds. The number of carbonyl (C=O) groups is 1. The lowest BCUT2D eigenvalue weighted by Crippen LogP contribution is -2.40. The fraction of sp³-hybridized carbons (Fsp3) is 0.389. The van der Waals surface area contributed by atoms with Crippen molar-refractivity contribution in [3.05, 3.63) is 47.9 Å². The van der Waals surface area contributed by atoms with Crippen molar-refractivity contribution in [3.63, 3.8) is 0 Å². The van der Waals surface area contributed by atoms with Crippen LogP contribution in [-0.2, 0) is 6.54 Å². The molecule has 0 saturated heterocycles. The number of hydrogen-bond donors (Lipinski definition) is 2. The quantitative estimate of drug-likeness (QED) is 0.767. The van der Waals surface area contributed by atoms with Crippen LogP contribution >= 0.6 is 0 Å². The van der Waals surface area contributed by atoms with Gasteiger partial charge in [0.05, 0.1) is 26.5 Å². The molecule has 1 heterocycles. The maximum absolute atomic E-state index is 12.1. The number of urea groups is 1. The van der Waals surface area contributed by atoms with Gasteiger partial charge < -0.3 is 24.5 Å². The second-order valence-electron chi connectivity index (χ2n) is 5.74. The molecule has 25 heavy (non-hydrogen) atoms. The number of amides is 2. The van der Waals surface area contributed by atoms with Crippen molar-refractivity contribution in [2.75, 3.05) is 34.9 Å². The molecule has 0 bridgehead atoms. The molecule has 1 unspecified atom stereocenters. The smallest absolute Gasteiger partial charge is 0.315 e. The predicted molar refractivity (Wildman–Crippen MR) is 94.9 cm³/mol. The van der Waals surface area contributed by atoms with Crippen molar-refractivity contribution in [2.45, 2.75) is 12.6 Å². The van der Waals surface area contributed by atoms with E-state index in [4.69, 9.17) is 13.9 Å². The Labute approximate surface area is 147 Å². The minimum absolute atomic E-state index is 0.0351. The molecule has 1 aromatic heterocycles. The van der Waals surface area contributed by atoms with E-state index in [1.165, 1.54) is 0 Å². The SMILES string of the molecule is COc1ccc(OC)c(CNC(=O)NCC(c2ccco2)N(C)C)c1. The fourth-order valence-electron chi connectivity index (χ4n) is 2.47. The summed E-state index contributed by atoms with van der Waals surface area (Å²) in [5, 5.41) is 5.69. The third-order valence-corrected chi connectivity index (χ3v) is 3.88. The molecule has 0 aliphatic rings. The van der Waals surface area contributed by atoms with Crippen LogP contribution in [0.5, 0.6) is 11.5 Å². The van der Waals surface area contributed by atoms with E-state index in [0.29, 0.717) is 24.6 Å². The summed E-state index contributed by atoms with van der Waals surface area (Å²) in [5.41, 5.74) is 0.840. The summed E-state index contributed by atoms with van der Waals surface area (Å²) < 4.78 is 15.9. The molecule has 136 valence electrons. The average Bonchev–Trinajstić information content (AvgIpc) is 3.13. The summed E-state index contributed by atoms with van der Waals surface area (Å²) in [6.07, 6.45) is 1.63. The largest absolute Gasteiger partial charge is 0.497 e.